The van der Waals surface area contributed by atoms with Gasteiger partial charge in [0.15, 0.2) is 0 Å². The van der Waals surface area contributed by atoms with E-state index in [0.29, 0.717) is 13.2 Å². The van der Waals surface area contributed by atoms with Gasteiger partial charge in [-0.2, -0.15) is 0 Å². The van der Waals surface area contributed by atoms with Gasteiger partial charge in [0.05, 0.1) is 6.61 Å². The molecule has 0 unspecified atom stereocenters. The lowest BCUT2D eigenvalue weighted by atomic mass is 10.1. The zero-order valence-electron chi connectivity index (χ0n) is 12.1. The third-order valence-electron chi connectivity index (χ3n) is 3.33. The van der Waals surface area contributed by atoms with Gasteiger partial charge in [0.1, 0.15) is 6.54 Å². The number of nitrogens with one attached hydrogen (secondary N) is 1. The van der Waals surface area contributed by atoms with Crippen LogP contribution in [0.4, 0.5) is 4.79 Å². The molecule has 7 nitrogen and oxygen atoms in total. The molecule has 2 amide bonds. The number of rotatable bonds is 8. The van der Waals surface area contributed by atoms with E-state index in [-0.39, 0.29) is 19.1 Å². The molecule has 1 fully saturated rings. The van der Waals surface area contributed by atoms with Crippen LogP contribution >= 0.6 is 0 Å². The number of carboxylic acid groups (broad SMARTS) is 1. The quantitative estimate of drug-likeness (QED) is 0.667. The van der Waals surface area contributed by atoms with Crippen LogP contribution < -0.4 is 5.32 Å². The zero-order chi connectivity index (χ0) is 14.8. The van der Waals surface area contributed by atoms with Gasteiger partial charge >= 0.3 is 12.0 Å². The number of likely N-dealkylation sites (tertiary alicyclic amines) is 1. The topological polar surface area (TPSA) is 82.1 Å². The molecule has 0 saturated carbocycles. The summed E-state index contributed by atoms with van der Waals surface area (Å²) in [6.45, 7) is 3.82. The number of nitrogens with zero attached hydrogens (tertiary/aromatic N) is 2. The van der Waals surface area contributed by atoms with Gasteiger partial charge in [-0.25, -0.2) is 4.79 Å². The number of amides is 2. The van der Waals surface area contributed by atoms with Gasteiger partial charge in [-0.15, -0.1) is 0 Å². The number of carbonyl (C=O) groups is 2. The second-order valence-corrected chi connectivity index (χ2v) is 4.94. The van der Waals surface area contributed by atoms with E-state index in [1.165, 1.54) is 31.3 Å². The van der Waals surface area contributed by atoms with Crippen LogP contribution in [0.5, 0.6) is 0 Å². The Morgan fingerprint density at radius 3 is 2.60 bits per heavy atom. The Morgan fingerprint density at radius 1 is 1.30 bits per heavy atom. The highest BCUT2D eigenvalue weighted by Crippen LogP contribution is 2.07. The molecule has 1 aliphatic heterocycles. The average Bonchev–Trinajstić information content (AvgIpc) is 2.44. The Hall–Kier alpha value is -1.34. The Morgan fingerprint density at radius 2 is 2.00 bits per heavy atom. The lowest BCUT2D eigenvalue weighted by Gasteiger charge is -2.27. The van der Waals surface area contributed by atoms with Gasteiger partial charge in [-0.1, -0.05) is 6.42 Å². The summed E-state index contributed by atoms with van der Waals surface area (Å²) in [4.78, 5) is 26.2. The highest BCUT2D eigenvalue weighted by molar-refractivity contribution is 5.80. The molecule has 0 bridgehead atoms. The highest BCUT2D eigenvalue weighted by atomic mass is 16.5. The van der Waals surface area contributed by atoms with E-state index in [9.17, 15) is 9.59 Å². The van der Waals surface area contributed by atoms with E-state index >= 15 is 0 Å². The molecule has 0 atom stereocenters. The van der Waals surface area contributed by atoms with Crippen LogP contribution in [0.3, 0.4) is 0 Å². The number of ether oxygens (including phenoxy) is 1. The Bertz CT molecular complexity index is 306. The maximum absolute atomic E-state index is 11.9. The number of hydrogen-bond donors (Lipinski definition) is 2. The summed E-state index contributed by atoms with van der Waals surface area (Å²) in [7, 11) is 1.52. The molecule has 1 saturated heterocycles. The van der Waals surface area contributed by atoms with Gasteiger partial charge in [-0.05, 0) is 25.9 Å². The van der Waals surface area contributed by atoms with E-state index in [2.05, 4.69) is 10.2 Å². The molecule has 1 rings (SSSR count). The summed E-state index contributed by atoms with van der Waals surface area (Å²) in [5, 5.41) is 11.6. The normalized spacial score (nSPS) is 15.8. The van der Waals surface area contributed by atoms with Crippen molar-refractivity contribution in [3.8, 4) is 0 Å². The molecular formula is C13H25N3O4. The minimum atomic E-state index is -1.02. The summed E-state index contributed by atoms with van der Waals surface area (Å²) < 4.78 is 4.88. The fraction of sp³-hybridized carbons (Fsp3) is 0.846. The fourth-order valence-electron chi connectivity index (χ4n) is 2.23. The van der Waals surface area contributed by atoms with Gasteiger partial charge in [0, 0.05) is 26.7 Å². The van der Waals surface area contributed by atoms with E-state index in [1.54, 1.807) is 0 Å². The summed E-state index contributed by atoms with van der Waals surface area (Å²) in [5.74, 6) is -1.02. The summed E-state index contributed by atoms with van der Waals surface area (Å²) in [5.41, 5.74) is 0. The second kappa shape index (κ2) is 9.55. The van der Waals surface area contributed by atoms with Crippen molar-refractivity contribution in [3.05, 3.63) is 0 Å². The highest BCUT2D eigenvalue weighted by Gasteiger charge is 2.16. The number of piperidine rings is 1. The van der Waals surface area contributed by atoms with Crippen molar-refractivity contribution in [2.75, 3.05) is 53.0 Å². The Kier molecular flexibility index (Phi) is 7.98. The first-order valence-electron chi connectivity index (χ1n) is 7.09. The Labute approximate surface area is 119 Å². The predicted octanol–water partition coefficient (Wildman–Crippen LogP) is 0.215. The predicted molar refractivity (Wildman–Crippen MR) is 74.8 cm³/mol. The average molecular weight is 287 g/mol. The summed E-state index contributed by atoms with van der Waals surface area (Å²) in [6.07, 6.45) is 3.71. The van der Waals surface area contributed by atoms with Gasteiger partial charge in [0.2, 0.25) is 0 Å². The van der Waals surface area contributed by atoms with E-state index in [4.69, 9.17) is 9.84 Å². The van der Waals surface area contributed by atoms with Crippen LogP contribution in [0.1, 0.15) is 19.3 Å². The largest absolute Gasteiger partial charge is 0.480 e. The van der Waals surface area contributed by atoms with Crippen molar-refractivity contribution >= 4 is 12.0 Å². The molecule has 0 aromatic rings. The maximum Gasteiger partial charge on any atom is 0.323 e. The van der Waals surface area contributed by atoms with Crippen molar-refractivity contribution in [3.63, 3.8) is 0 Å². The van der Waals surface area contributed by atoms with Gasteiger partial charge in [-0.3, -0.25) is 4.79 Å². The third-order valence-corrected chi connectivity index (χ3v) is 3.33. The molecule has 0 spiro atoms. The van der Waals surface area contributed by atoms with Crippen molar-refractivity contribution < 1.29 is 19.4 Å². The lowest BCUT2D eigenvalue weighted by molar-refractivity contribution is -0.137. The smallest absolute Gasteiger partial charge is 0.323 e. The molecule has 7 heteroatoms. The number of aliphatic carboxylic acids is 1. The molecule has 0 radical (unpaired) electrons. The first-order valence-corrected chi connectivity index (χ1v) is 7.09. The van der Waals surface area contributed by atoms with Crippen molar-refractivity contribution in [1.29, 1.82) is 0 Å². The van der Waals surface area contributed by atoms with Crippen molar-refractivity contribution in [1.82, 2.24) is 15.1 Å². The van der Waals surface area contributed by atoms with E-state index in [0.717, 1.165) is 19.6 Å². The molecule has 0 aliphatic carbocycles. The summed E-state index contributed by atoms with van der Waals surface area (Å²) >= 11 is 0. The van der Waals surface area contributed by atoms with Crippen LogP contribution in [0.2, 0.25) is 0 Å². The van der Waals surface area contributed by atoms with Gasteiger partial charge in [0.25, 0.3) is 0 Å². The third kappa shape index (κ3) is 6.72. The monoisotopic (exact) mass is 287 g/mol. The molecule has 0 aromatic carbocycles. The van der Waals surface area contributed by atoms with Crippen molar-refractivity contribution in [2.45, 2.75) is 19.3 Å². The molecule has 1 heterocycles. The maximum atomic E-state index is 11.9. The van der Waals surface area contributed by atoms with E-state index in [1.807, 2.05) is 0 Å². The fourth-order valence-corrected chi connectivity index (χ4v) is 2.23. The first-order chi connectivity index (χ1) is 9.63. The van der Waals surface area contributed by atoms with Crippen LogP contribution in [-0.2, 0) is 9.53 Å². The number of carboxylic acids is 1. The molecule has 1 aliphatic rings. The molecule has 20 heavy (non-hydrogen) atoms. The van der Waals surface area contributed by atoms with Crippen LogP contribution in [0.25, 0.3) is 0 Å². The van der Waals surface area contributed by atoms with Crippen LogP contribution in [-0.4, -0.2) is 79.9 Å². The number of methoxy groups -OCH3 is 1. The number of carbonyl (C=O) groups excluding carboxylic acids is 1. The summed E-state index contributed by atoms with van der Waals surface area (Å²) in [6, 6.07) is -0.346. The second-order valence-electron chi connectivity index (χ2n) is 4.94. The standard InChI is InChI=1S/C13H25N3O4/c1-20-10-9-16(11-12(17)18)13(19)14-5-8-15-6-3-2-4-7-15/h2-11H2,1H3,(H,14,19)(H,17,18). The zero-order valence-corrected chi connectivity index (χ0v) is 12.1. The SMILES string of the molecule is COCCN(CC(=O)O)C(=O)NCCN1CCCCC1. The molecule has 116 valence electrons. The van der Waals surface area contributed by atoms with Crippen molar-refractivity contribution in [2.24, 2.45) is 0 Å². The lowest BCUT2D eigenvalue weighted by Crippen LogP contribution is -2.46. The van der Waals surface area contributed by atoms with E-state index < -0.39 is 5.97 Å². The van der Waals surface area contributed by atoms with Crippen LogP contribution in [0, 0.1) is 0 Å². The number of urea groups is 1. The molecule has 2 N–H and O–H groups in total. The minimum absolute atomic E-state index is 0.276. The molecule has 0 aromatic heterocycles. The minimum Gasteiger partial charge on any atom is -0.480 e. The number of hydrogen-bond acceptors (Lipinski definition) is 4. The van der Waals surface area contributed by atoms with Crippen LogP contribution in [0.15, 0.2) is 0 Å². The first kappa shape index (κ1) is 16.7. The molecular weight excluding hydrogens is 262 g/mol. The Balaban J connectivity index is 2.26. The van der Waals surface area contributed by atoms with Gasteiger partial charge < -0.3 is 25.0 Å².